The highest BCUT2D eigenvalue weighted by Gasteiger charge is 2.36. The van der Waals surface area contributed by atoms with E-state index < -0.39 is 21.9 Å². The molecule has 0 unspecified atom stereocenters. The van der Waals surface area contributed by atoms with Gasteiger partial charge in [0.25, 0.3) is 5.91 Å². The van der Waals surface area contributed by atoms with Crippen LogP contribution in [0.15, 0.2) is 28.7 Å². The molecule has 1 aliphatic rings. The second-order valence-corrected chi connectivity index (χ2v) is 9.61. The van der Waals surface area contributed by atoms with Crippen molar-refractivity contribution in [2.24, 2.45) is 0 Å². The van der Waals surface area contributed by atoms with Gasteiger partial charge in [0.15, 0.2) is 15.9 Å². The van der Waals surface area contributed by atoms with E-state index in [-0.39, 0.29) is 29.1 Å². The lowest BCUT2D eigenvalue weighted by Crippen LogP contribution is -2.46. The predicted octanol–water partition coefficient (Wildman–Crippen LogP) is 2.51. The molecule has 9 heteroatoms. The van der Waals surface area contributed by atoms with Crippen LogP contribution in [0.25, 0.3) is 10.9 Å². The van der Waals surface area contributed by atoms with Crippen molar-refractivity contribution < 1.29 is 22.7 Å². The third-order valence-electron chi connectivity index (χ3n) is 4.75. The first-order valence-electron chi connectivity index (χ1n) is 8.71. The van der Waals surface area contributed by atoms with E-state index >= 15 is 0 Å². The number of nitrogens with zero attached hydrogens (tertiary/aromatic N) is 1. The number of rotatable bonds is 5. The van der Waals surface area contributed by atoms with Gasteiger partial charge in [-0.1, -0.05) is 18.2 Å². The molecule has 146 valence electrons. The summed E-state index contributed by atoms with van der Waals surface area (Å²) in [6, 6.07) is 7.04. The molecule has 1 aromatic heterocycles. The lowest BCUT2D eigenvalue weighted by Gasteiger charge is -2.29. The van der Waals surface area contributed by atoms with E-state index in [2.05, 4.69) is 20.9 Å². The number of H-pyrrole nitrogens is 1. The predicted molar refractivity (Wildman–Crippen MR) is 105 cm³/mol. The normalized spacial score (nSPS) is 19.7. The number of carbonyl (C=O) groups is 2. The number of sulfone groups is 1. The first kappa shape index (κ1) is 19.9. The number of aromatic amines is 1. The molecule has 2 atom stereocenters. The Bertz CT molecular complexity index is 985. The van der Waals surface area contributed by atoms with Crippen LogP contribution in [0, 0.1) is 0 Å². The van der Waals surface area contributed by atoms with Crippen LogP contribution in [-0.2, 0) is 19.4 Å². The van der Waals surface area contributed by atoms with E-state index in [1.54, 1.807) is 6.92 Å². The van der Waals surface area contributed by atoms with Gasteiger partial charge >= 0.3 is 5.97 Å². The number of hydrogen-bond donors (Lipinski definition) is 1. The summed E-state index contributed by atoms with van der Waals surface area (Å²) in [5, 5.41) is 0.842. The number of para-hydroxylation sites is 1. The molecule has 3 rings (SSSR count). The van der Waals surface area contributed by atoms with Gasteiger partial charge in [-0.15, -0.1) is 0 Å². The van der Waals surface area contributed by atoms with Crippen molar-refractivity contribution in [1.29, 1.82) is 0 Å². The van der Waals surface area contributed by atoms with Crippen LogP contribution in [-0.4, -0.2) is 60.4 Å². The molecule has 0 radical (unpaired) electrons. The highest BCUT2D eigenvalue weighted by Crippen LogP contribution is 2.28. The van der Waals surface area contributed by atoms with Crippen molar-refractivity contribution >= 4 is 48.5 Å². The molecule has 0 bridgehead atoms. The molecule has 1 fully saturated rings. The highest BCUT2D eigenvalue weighted by atomic mass is 79.9. The minimum absolute atomic E-state index is 0.0409. The van der Waals surface area contributed by atoms with Gasteiger partial charge in [-0.2, -0.15) is 0 Å². The fraction of sp³-hybridized carbons (Fsp3) is 0.444. The second-order valence-electron chi connectivity index (χ2n) is 6.59. The van der Waals surface area contributed by atoms with Crippen LogP contribution in [0.4, 0.5) is 0 Å². The van der Waals surface area contributed by atoms with Crippen LogP contribution in [0.5, 0.6) is 0 Å². The first-order valence-corrected chi connectivity index (χ1v) is 11.3. The average Bonchev–Trinajstić information content (AvgIpc) is 3.15. The number of benzene rings is 1. The van der Waals surface area contributed by atoms with E-state index in [1.165, 1.54) is 11.8 Å². The Labute approximate surface area is 166 Å². The third kappa shape index (κ3) is 4.03. The molecule has 1 saturated heterocycles. The molecular weight excluding hydrogens is 436 g/mol. The van der Waals surface area contributed by atoms with E-state index in [4.69, 9.17) is 4.74 Å². The Morgan fingerprint density at radius 2 is 2.07 bits per heavy atom. The van der Waals surface area contributed by atoms with Crippen molar-refractivity contribution in [3.63, 3.8) is 0 Å². The molecule has 2 aromatic rings. The van der Waals surface area contributed by atoms with Crippen LogP contribution < -0.4 is 0 Å². The largest absolute Gasteiger partial charge is 0.448 e. The number of amides is 1. The van der Waals surface area contributed by atoms with Crippen molar-refractivity contribution in [2.75, 3.05) is 18.1 Å². The van der Waals surface area contributed by atoms with E-state index in [0.29, 0.717) is 17.4 Å². The summed E-state index contributed by atoms with van der Waals surface area (Å²) >= 11 is 3.39. The SMILES string of the molecule is CCN(C(=O)[C@H](C)OC(=O)c1[nH]c2ccccc2c1Br)[C@H]1CCS(=O)(=O)C1. The summed E-state index contributed by atoms with van der Waals surface area (Å²) in [5.74, 6) is -0.993. The summed E-state index contributed by atoms with van der Waals surface area (Å²) in [6.07, 6.45) is -0.602. The van der Waals surface area contributed by atoms with Gasteiger partial charge in [-0.05, 0) is 42.3 Å². The summed E-state index contributed by atoms with van der Waals surface area (Å²) in [4.78, 5) is 29.7. The van der Waals surface area contributed by atoms with Crippen LogP contribution >= 0.6 is 15.9 Å². The molecule has 2 heterocycles. The molecule has 0 spiro atoms. The zero-order chi connectivity index (χ0) is 19.8. The Morgan fingerprint density at radius 1 is 1.37 bits per heavy atom. The molecular formula is C18H21BrN2O5S. The quantitative estimate of drug-likeness (QED) is 0.697. The second kappa shape index (κ2) is 7.63. The van der Waals surface area contributed by atoms with E-state index in [1.807, 2.05) is 24.3 Å². The Morgan fingerprint density at radius 3 is 2.67 bits per heavy atom. The van der Waals surface area contributed by atoms with E-state index in [0.717, 1.165) is 10.9 Å². The fourth-order valence-electron chi connectivity index (χ4n) is 3.37. The summed E-state index contributed by atoms with van der Waals surface area (Å²) in [5.41, 5.74) is 1.02. The minimum Gasteiger partial charge on any atom is -0.448 e. The van der Waals surface area contributed by atoms with Gasteiger partial charge < -0.3 is 14.6 Å². The van der Waals surface area contributed by atoms with Crippen LogP contribution in [0.1, 0.15) is 30.8 Å². The zero-order valence-corrected chi connectivity index (χ0v) is 17.5. The molecule has 0 aliphatic carbocycles. The van der Waals surface area contributed by atoms with Gasteiger partial charge in [0.05, 0.1) is 16.0 Å². The highest BCUT2D eigenvalue weighted by molar-refractivity contribution is 9.10. The van der Waals surface area contributed by atoms with Gasteiger partial charge in [-0.3, -0.25) is 4.79 Å². The van der Waals surface area contributed by atoms with Crippen molar-refractivity contribution in [2.45, 2.75) is 32.4 Å². The lowest BCUT2D eigenvalue weighted by molar-refractivity contribution is -0.141. The maximum Gasteiger partial charge on any atom is 0.356 e. The summed E-state index contributed by atoms with van der Waals surface area (Å²) in [7, 11) is -3.11. The average molecular weight is 457 g/mol. The smallest absolute Gasteiger partial charge is 0.356 e. The minimum atomic E-state index is -3.11. The van der Waals surface area contributed by atoms with Crippen LogP contribution in [0.3, 0.4) is 0 Å². The topological polar surface area (TPSA) is 96.5 Å². The zero-order valence-electron chi connectivity index (χ0n) is 15.1. The number of likely N-dealkylation sites (N-methyl/N-ethyl adjacent to an activating group) is 1. The summed E-state index contributed by atoms with van der Waals surface area (Å²) in [6.45, 7) is 3.64. The van der Waals surface area contributed by atoms with E-state index in [9.17, 15) is 18.0 Å². The number of esters is 1. The first-order chi connectivity index (χ1) is 12.7. The molecule has 1 aromatic carbocycles. The molecule has 1 aliphatic heterocycles. The number of hydrogen-bond acceptors (Lipinski definition) is 5. The molecule has 1 amide bonds. The molecule has 1 N–H and O–H groups in total. The van der Waals surface area contributed by atoms with Crippen molar-refractivity contribution in [3.8, 4) is 0 Å². The Balaban J connectivity index is 1.73. The molecule has 7 nitrogen and oxygen atoms in total. The number of aromatic nitrogens is 1. The maximum atomic E-state index is 12.7. The third-order valence-corrected chi connectivity index (χ3v) is 7.33. The standard InChI is InChI=1S/C18H21BrN2O5S/c1-3-21(12-8-9-27(24,25)10-12)17(22)11(2)26-18(23)16-15(19)13-6-4-5-7-14(13)20-16/h4-7,11-12,20H,3,8-10H2,1-2H3/t11-,12-/m0/s1. The van der Waals surface area contributed by atoms with Crippen molar-refractivity contribution in [3.05, 3.63) is 34.4 Å². The maximum absolute atomic E-state index is 12.7. The number of nitrogens with one attached hydrogen (secondary N) is 1. The van der Waals surface area contributed by atoms with Gasteiger partial charge in [0.1, 0.15) is 5.69 Å². The number of fused-ring (bicyclic) bond motifs is 1. The summed E-state index contributed by atoms with van der Waals surface area (Å²) < 4.78 is 29.4. The Hall–Kier alpha value is -1.87. The number of halogens is 1. The number of carbonyl (C=O) groups excluding carboxylic acids is 2. The molecule has 27 heavy (non-hydrogen) atoms. The monoisotopic (exact) mass is 456 g/mol. The van der Waals surface area contributed by atoms with Gasteiger partial charge in [0.2, 0.25) is 0 Å². The van der Waals surface area contributed by atoms with Crippen molar-refractivity contribution in [1.82, 2.24) is 9.88 Å². The van der Waals surface area contributed by atoms with Gasteiger partial charge in [-0.25, -0.2) is 13.2 Å². The Kier molecular flexibility index (Phi) is 5.62. The van der Waals surface area contributed by atoms with Crippen LogP contribution in [0.2, 0.25) is 0 Å². The van der Waals surface area contributed by atoms with Gasteiger partial charge in [0, 0.05) is 23.5 Å². The molecule has 0 saturated carbocycles. The fourth-order valence-corrected chi connectivity index (χ4v) is 5.70. The lowest BCUT2D eigenvalue weighted by atomic mass is 10.2. The number of ether oxygens (including phenoxy) is 1.